The van der Waals surface area contributed by atoms with Crippen LogP contribution in [-0.2, 0) is 19.8 Å². The summed E-state index contributed by atoms with van der Waals surface area (Å²) in [6.45, 7) is 1.21. The zero-order valence-corrected chi connectivity index (χ0v) is 16.2. The molecule has 1 heterocycles. The van der Waals surface area contributed by atoms with Crippen LogP contribution in [0.2, 0.25) is 0 Å². The van der Waals surface area contributed by atoms with Crippen molar-refractivity contribution in [3.05, 3.63) is 0 Å². The van der Waals surface area contributed by atoms with Gasteiger partial charge in [0.1, 0.15) is 0 Å². The predicted octanol–water partition coefficient (Wildman–Crippen LogP) is 0.751. The molecule has 0 aromatic rings. The van der Waals surface area contributed by atoms with E-state index in [1.165, 1.54) is 15.0 Å². The van der Waals surface area contributed by atoms with Crippen LogP contribution in [0.5, 0.6) is 0 Å². The largest absolute Gasteiger partial charge is 0.481 e. The Balaban J connectivity index is 1.55. The first kappa shape index (κ1) is 19.6. The third-order valence-electron chi connectivity index (χ3n) is 6.24. The predicted molar refractivity (Wildman–Crippen MR) is 95.6 cm³/mol. The van der Waals surface area contributed by atoms with Gasteiger partial charge in [-0.05, 0) is 25.7 Å². The average Bonchev–Trinajstić information content (AvgIpc) is 2.60. The quantitative estimate of drug-likeness (QED) is 0.751. The van der Waals surface area contributed by atoms with Crippen LogP contribution in [0.3, 0.4) is 0 Å². The molecule has 0 aromatic carbocycles. The molecule has 0 aromatic heterocycles. The zero-order valence-electron chi connectivity index (χ0n) is 15.3. The molecule has 1 saturated heterocycles. The summed E-state index contributed by atoms with van der Waals surface area (Å²) in [6, 6.07) is 0.0692. The fourth-order valence-corrected chi connectivity index (χ4v) is 5.86. The van der Waals surface area contributed by atoms with Gasteiger partial charge in [-0.2, -0.15) is 17.0 Å². The molecule has 0 bridgehead atoms. The van der Waals surface area contributed by atoms with Gasteiger partial charge in [0.05, 0.1) is 11.8 Å². The molecule has 26 heavy (non-hydrogen) atoms. The molecule has 8 nitrogen and oxygen atoms in total. The molecular formula is C17H29N3O5S. The number of carbonyl (C=O) groups excluding carboxylic acids is 1. The smallest absolute Gasteiger partial charge is 0.307 e. The van der Waals surface area contributed by atoms with E-state index in [0.29, 0.717) is 25.9 Å². The summed E-state index contributed by atoms with van der Waals surface area (Å²) >= 11 is 0. The lowest BCUT2D eigenvalue weighted by molar-refractivity contribution is -0.157. The molecule has 0 spiro atoms. The van der Waals surface area contributed by atoms with Gasteiger partial charge in [-0.1, -0.05) is 19.3 Å². The van der Waals surface area contributed by atoms with Crippen molar-refractivity contribution < 1.29 is 23.1 Å². The Hall–Kier alpha value is -1.19. The number of carboxylic acids is 1. The monoisotopic (exact) mass is 387 g/mol. The van der Waals surface area contributed by atoms with Crippen molar-refractivity contribution in [2.45, 2.75) is 51.0 Å². The number of piperazine rings is 1. The maximum atomic E-state index is 12.9. The molecule has 2 atom stereocenters. The summed E-state index contributed by atoms with van der Waals surface area (Å²) < 4.78 is 28.7. The molecule has 3 rings (SSSR count). The molecule has 148 valence electrons. The second-order valence-corrected chi connectivity index (χ2v) is 9.66. The van der Waals surface area contributed by atoms with Gasteiger partial charge in [-0.15, -0.1) is 0 Å². The second kappa shape index (κ2) is 7.82. The van der Waals surface area contributed by atoms with E-state index in [4.69, 9.17) is 5.11 Å². The lowest BCUT2D eigenvalue weighted by Gasteiger charge is -2.41. The van der Waals surface area contributed by atoms with Gasteiger partial charge >= 0.3 is 5.97 Å². The van der Waals surface area contributed by atoms with Crippen LogP contribution in [0.1, 0.15) is 44.9 Å². The van der Waals surface area contributed by atoms with Crippen molar-refractivity contribution in [1.82, 2.24) is 13.5 Å². The van der Waals surface area contributed by atoms with Crippen LogP contribution in [0.4, 0.5) is 0 Å². The highest BCUT2D eigenvalue weighted by Crippen LogP contribution is 2.36. The number of nitrogens with zero attached hydrogens (tertiary/aromatic N) is 3. The van der Waals surface area contributed by atoms with Crippen molar-refractivity contribution >= 4 is 22.1 Å². The third kappa shape index (κ3) is 3.75. The molecular weight excluding hydrogens is 358 g/mol. The van der Waals surface area contributed by atoms with Gasteiger partial charge in [-0.3, -0.25) is 9.59 Å². The standard InChI is InChI=1S/C17H29N3O5S/c1-18(13-5-3-2-4-6-13)26(24,25)20-11-9-19(10-12-20)16(21)14-7-8-15(14)17(22)23/h13-15H,2-12H2,1H3,(H,22,23). The highest BCUT2D eigenvalue weighted by Gasteiger charge is 2.44. The number of carbonyl (C=O) groups is 2. The molecule has 9 heteroatoms. The second-order valence-electron chi connectivity index (χ2n) is 7.67. The number of rotatable bonds is 5. The Kier molecular flexibility index (Phi) is 5.88. The van der Waals surface area contributed by atoms with Crippen LogP contribution in [-0.4, -0.2) is 78.2 Å². The van der Waals surface area contributed by atoms with Crippen molar-refractivity contribution in [2.75, 3.05) is 33.2 Å². The Morgan fingerprint density at radius 3 is 2.00 bits per heavy atom. The van der Waals surface area contributed by atoms with E-state index in [1.54, 1.807) is 11.9 Å². The molecule has 0 radical (unpaired) electrons. The molecule has 2 aliphatic carbocycles. The van der Waals surface area contributed by atoms with Crippen molar-refractivity contribution in [2.24, 2.45) is 11.8 Å². The van der Waals surface area contributed by atoms with E-state index >= 15 is 0 Å². The first-order valence-corrected chi connectivity index (χ1v) is 11.0. The normalized spacial score (nSPS) is 28.8. The Morgan fingerprint density at radius 1 is 0.923 bits per heavy atom. The fraction of sp³-hybridized carbons (Fsp3) is 0.882. The Bertz CT molecular complexity index is 639. The minimum Gasteiger partial charge on any atom is -0.481 e. The minimum atomic E-state index is -3.51. The van der Waals surface area contributed by atoms with Crippen LogP contribution in [0.25, 0.3) is 0 Å². The summed E-state index contributed by atoms with van der Waals surface area (Å²) in [7, 11) is -1.85. The molecule has 3 aliphatic rings. The molecule has 1 aliphatic heterocycles. The fourth-order valence-electron chi connectivity index (χ4n) is 4.28. The Labute approximate surface area is 155 Å². The number of amides is 1. The van der Waals surface area contributed by atoms with Gasteiger partial charge < -0.3 is 10.0 Å². The van der Waals surface area contributed by atoms with E-state index in [9.17, 15) is 18.0 Å². The molecule has 1 amide bonds. The van der Waals surface area contributed by atoms with Crippen molar-refractivity contribution in [3.8, 4) is 0 Å². The van der Waals surface area contributed by atoms with Crippen LogP contribution >= 0.6 is 0 Å². The first-order chi connectivity index (χ1) is 12.3. The molecule has 3 fully saturated rings. The first-order valence-electron chi connectivity index (χ1n) is 9.57. The summed E-state index contributed by atoms with van der Waals surface area (Å²) in [5.74, 6) is -2.08. The molecule has 2 unspecified atom stereocenters. The Morgan fingerprint density at radius 2 is 1.50 bits per heavy atom. The van der Waals surface area contributed by atoms with Gasteiger partial charge in [-0.25, -0.2) is 0 Å². The lowest BCUT2D eigenvalue weighted by atomic mass is 9.73. The topological polar surface area (TPSA) is 98.2 Å². The van der Waals surface area contributed by atoms with Crippen molar-refractivity contribution in [1.29, 1.82) is 0 Å². The van der Waals surface area contributed by atoms with E-state index in [1.807, 2.05) is 0 Å². The van der Waals surface area contributed by atoms with E-state index in [-0.39, 0.29) is 25.0 Å². The van der Waals surface area contributed by atoms with Crippen LogP contribution in [0.15, 0.2) is 0 Å². The third-order valence-corrected chi connectivity index (χ3v) is 8.28. The summed E-state index contributed by atoms with van der Waals surface area (Å²) in [5.41, 5.74) is 0. The maximum absolute atomic E-state index is 12.9. The maximum Gasteiger partial charge on any atom is 0.307 e. The molecule has 1 N–H and O–H groups in total. The molecule has 2 saturated carbocycles. The van der Waals surface area contributed by atoms with Crippen LogP contribution < -0.4 is 0 Å². The van der Waals surface area contributed by atoms with Gasteiger partial charge in [0.15, 0.2) is 0 Å². The summed E-state index contributed by atoms with van der Waals surface area (Å²) in [6.07, 6.45) is 6.28. The summed E-state index contributed by atoms with van der Waals surface area (Å²) in [5, 5.41) is 9.12. The lowest BCUT2D eigenvalue weighted by Crippen LogP contribution is -2.57. The average molecular weight is 388 g/mol. The van der Waals surface area contributed by atoms with E-state index in [0.717, 1.165) is 25.7 Å². The summed E-state index contributed by atoms with van der Waals surface area (Å²) in [4.78, 5) is 25.3. The number of hydrogen-bond donors (Lipinski definition) is 1. The van der Waals surface area contributed by atoms with Gasteiger partial charge in [0.25, 0.3) is 10.2 Å². The zero-order chi connectivity index (χ0) is 18.9. The SMILES string of the molecule is CN(C1CCCCC1)S(=O)(=O)N1CCN(C(=O)C2CCC2C(=O)O)CC1. The number of aliphatic carboxylic acids is 1. The van der Waals surface area contributed by atoms with Crippen LogP contribution in [0, 0.1) is 11.8 Å². The number of carboxylic acid groups (broad SMARTS) is 1. The van der Waals surface area contributed by atoms with E-state index in [2.05, 4.69) is 0 Å². The van der Waals surface area contributed by atoms with Gasteiger partial charge in [0, 0.05) is 39.3 Å². The minimum absolute atomic E-state index is 0.0692. The highest BCUT2D eigenvalue weighted by atomic mass is 32.2. The van der Waals surface area contributed by atoms with Gasteiger partial charge in [0.2, 0.25) is 5.91 Å². The number of hydrogen-bond acceptors (Lipinski definition) is 4. The van der Waals surface area contributed by atoms with Crippen molar-refractivity contribution in [3.63, 3.8) is 0 Å². The highest BCUT2D eigenvalue weighted by molar-refractivity contribution is 7.86. The van der Waals surface area contributed by atoms with E-state index < -0.39 is 28.0 Å².